The molecule has 0 N–H and O–H groups in total. The Hall–Kier alpha value is -6.42. The van der Waals surface area contributed by atoms with Crippen LogP contribution in [0.5, 0.6) is 11.5 Å². The van der Waals surface area contributed by atoms with Gasteiger partial charge < -0.3 is 19.1 Å². The molecule has 1 aliphatic heterocycles. The van der Waals surface area contributed by atoms with Crippen LogP contribution in [-0.4, -0.2) is 9.55 Å². The number of ether oxygens (including phenoxy) is 1. The van der Waals surface area contributed by atoms with Crippen molar-refractivity contribution in [2.75, 3.05) is 9.80 Å². The van der Waals surface area contributed by atoms with Crippen molar-refractivity contribution in [2.45, 2.75) is 117 Å². The van der Waals surface area contributed by atoms with Crippen LogP contribution < -0.4 is 14.5 Å². The second kappa shape index (κ2) is 18.6. The Labute approximate surface area is 443 Å². The van der Waals surface area contributed by atoms with E-state index in [0.717, 1.165) is 55.9 Å². The summed E-state index contributed by atoms with van der Waals surface area (Å²) in [4.78, 5) is 9.61. The molecule has 72 heavy (non-hydrogen) atoms. The third-order valence-electron chi connectivity index (χ3n) is 14.8. The molecule has 0 saturated heterocycles. The van der Waals surface area contributed by atoms with E-state index >= 15 is 0 Å². The molecule has 0 saturated carbocycles. The molecule has 370 valence electrons. The first-order chi connectivity index (χ1) is 33.6. The van der Waals surface area contributed by atoms with E-state index in [-0.39, 0.29) is 48.1 Å². The van der Waals surface area contributed by atoms with Crippen molar-refractivity contribution in [1.29, 1.82) is 0 Å². The van der Waals surface area contributed by atoms with Crippen LogP contribution in [0.2, 0.25) is 0 Å². The zero-order chi connectivity index (χ0) is 50.3. The monoisotopic (exact) mass is 1130 g/mol. The molecule has 7 aromatic carbocycles. The minimum absolute atomic E-state index is 0. The third-order valence-corrected chi connectivity index (χ3v) is 14.8. The van der Waals surface area contributed by atoms with E-state index in [1.807, 2.05) is 12.3 Å². The number of nitrogens with zero attached hydrogens (tertiary/aromatic N) is 4. The first-order valence-corrected chi connectivity index (χ1v) is 25.1. The molecular weight excluding hydrogens is 1060 g/mol. The van der Waals surface area contributed by atoms with Gasteiger partial charge in [0.1, 0.15) is 5.82 Å². The van der Waals surface area contributed by atoms with Gasteiger partial charge in [0.25, 0.3) is 0 Å². The van der Waals surface area contributed by atoms with E-state index in [1.165, 1.54) is 33.4 Å². The van der Waals surface area contributed by atoms with E-state index in [0.29, 0.717) is 11.5 Å². The molecule has 2 aromatic heterocycles. The molecular formula is C66H67N4OPt-3. The molecule has 5 nitrogen and oxygen atoms in total. The van der Waals surface area contributed by atoms with E-state index < -0.39 is 0 Å². The number of rotatable bonds is 9. The smallest absolute Gasteiger partial charge is 0.135 e. The minimum Gasteiger partial charge on any atom is -0.509 e. The summed E-state index contributed by atoms with van der Waals surface area (Å²) in [7, 11) is 0. The van der Waals surface area contributed by atoms with E-state index in [9.17, 15) is 0 Å². The van der Waals surface area contributed by atoms with Crippen LogP contribution in [0.15, 0.2) is 164 Å². The van der Waals surface area contributed by atoms with Gasteiger partial charge in [0.2, 0.25) is 0 Å². The maximum Gasteiger partial charge on any atom is 0.135 e. The fraction of sp³-hybridized carbons (Fsp3) is 0.273. The molecule has 9 aromatic rings. The summed E-state index contributed by atoms with van der Waals surface area (Å²) in [6.07, 6.45) is 1.91. The second-order valence-corrected chi connectivity index (χ2v) is 23.6. The van der Waals surface area contributed by atoms with Crippen molar-refractivity contribution in [3.63, 3.8) is 0 Å². The van der Waals surface area contributed by atoms with Gasteiger partial charge in [-0.2, -0.15) is 6.07 Å². The maximum absolute atomic E-state index is 7.04. The Morgan fingerprint density at radius 3 is 1.67 bits per heavy atom. The molecule has 6 heteroatoms. The summed E-state index contributed by atoms with van der Waals surface area (Å²) in [5.74, 6) is 2.05. The summed E-state index contributed by atoms with van der Waals surface area (Å²) in [6.45, 7) is 32.0. The van der Waals surface area contributed by atoms with Gasteiger partial charge in [-0.15, -0.1) is 53.6 Å². The van der Waals surface area contributed by atoms with Gasteiger partial charge in [0.15, 0.2) is 0 Å². The number of anilines is 4. The Balaban J connectivity index is 0.00000640. The fourth-order valence-corrected chi connectivity index (χ4v) is 9.98. The summed E-state index contributed by atoms with van der Waals surface area (Å²) in [6, 6.07) is 64.7. The van der Waals surface area contributed by atoms with Gasteiger partial charge >= 0.3 is 0 Å². The van der Waals surface area contributed by atoms with Gasteiger partial charge in [-0.25, -0.2) is 4.98 Å². The van der Waals surface area contributed by atoms with Gasteiger partial charge in [-0.05, 0) is 103 Å². The average Bonchev–Trinajstić information content (AvgIpc) is 3.89. The Bertz CT molecular complexity index is 3440. The zero-order valence-corrected chi connectivity index (χ0v) is 46.5. The summed E-state index contributed by atoms with van der Waals surface area (Å²) in [5, 5.41) is 2.23. The minimum atomic E-state index is -0.385. The van der Waals surface area contributed by atoms with Crippen molar-refractivity contribution in [1.82, 2.24) is 9.55 Å². The van der Waals surface area contributed by atoms with Crippen LogP contribution in [0.25, 0.3) is 27.6 Å². The molecule has 0 bridgehead atoms. The number of benzene rings is 7. The third kappa shape index (κ3) is 9.42. The molecule has 0 spiro atoms. The molecule has 0 amide bonds. The number of pyridine rings is 1. The van der Waals surface area contributed by atoms with Crippen molar-refractivity contribution in [3.05, 3.63) is 222 Å². The average molecular weight is 1130 g/mol. The zero-order valence-electron chi connectivity index (χ0n) is 44.2. The molecule has 1 aliphatic rings. The number of aromatic nitrogens is 2. The number of hydrogen-bond donors (Lipinski definition) is 0. The number of fused-ring (bicyclic) bond motifs is 4. The van der Waals surface area contributed by atoms with Gasteiger partial charge in [0.05, 0.1) is 0 Å². The standard InChI is InChI=1S/C66H67N4O.Pt/c1-62(2,3)46-28-31-58-60(39-46)69(51-35-48(64(7,8)9)34-49(36-51)65(10,11)44-22-16-14-17-23-44)43-68(58)52-37-50(66(12,13)45-24-18-15-19-25-45)38-54(41-52)71-53-29-30-56-55-26-20-21-27-57(55)70(59(56)42-53)61-40-47(32-33-67-61)63(4,5)6;/h14-40,43H,1-13H3;/q-3;. The van der Waals surface area contributed by atoms with Crippen molar-refractivity contribution in [3.8, 4) is 17.3 Å². The first kappa shape index (κ1) is 50.5. The summed E-state index contributed by atoms with van der Waals surface area (Å²) < 4.78 is 9.25. The molecule has 3 heterocycles. The predicted octanol–water partition coefficient (Wildman–Crippen LogP) is 17.5. The van der Waals surface area contributed by atoms with Gasteiger partial charge in [-0.1, -0.05) is 187 Å². The maximum atomic E-state index is 7.04. The van der Waals surface area contributed by atoms with Crippen LogP contribution in [-0.2, 0) is 48.1 Å². The van der Waals surface area contributed by atoms with Crippen LogP contribution in [0.1, 0.15) is 129 Å². The van der Waals surface area contributed by atoms with E-state index in [4.69, 9.17) is 9.72 Å². The van der Waals surface area contributed by atoms with Gasteiger partial charge in [-0.3, -0.25) is 0 Å². The quantitative estimate of drug-likeness (QED) is 0.135. The van der Waals surface area contributed by atoms with Crippen LogP contribution in [0.4, 0.5) is 22.7 Å². The largest absolute Gasteiger partial charge is 0.509 e. The number of hydrogen-bond acceptors (Lipinski definition) is 4. The van der Waals surface area contributed by atoms with Crippen LogP contribution >= 0.6 is 0 Å². The van der Waals surface area contributed by atoms with Crippen molar-refractivity contribution in [2.24, 2.45) is 0 Å². The molecule has 10 rings (SSSR count). The summed E-state index contributed by atoms with van der Waals surface area (Å²) >= 11 is 0. The summed E-state index contributed by atoms with van der Waals surface area (Å²) in [5.41, 5.74) is 14.0. The van der Waals surface area contributed by atoms with Crippen molar-refractivity contribution >= 4 is 44.6 Å². The topological polar surface area (TPSA) is 33.5 Å². The Morgan fingerprint density at radius 2 is 1.03 bits per heavy atom. The van der Waals surface area contributed by atoms with Crippen LogP contribution in [0.3, 0.4) is 0 Å². The predicted molar refractivity (Wildman–Crippen MR) is 297 cm³/mol. The normalized spacial score (nSPS) is 13.4. The molecule has 0 radical (unpaired) electrons. The number of para-hydroxylation sites is 1. The van der Waals surface area contributed by atoms with E-state index in [1.54, 1.807) is 0 Å². The van der Waals surface area contributed by atoms with Gasteiger partial charge in [0, 0.05) is 66.8 Å². The van der Waals surface area contributed by atoms with Crippen molar-refractivity contribution < 1.29 is 25.8 Å². The second-order valence-electron chi connectivity index (χ2n) is 23.6. The first-order valence-electron chi connectivity index (χ1n) is 25.1. The SMILES string of the molecule is CC(C)(C)c1cc(N2[CH-]N(c3[c-]c(Oc4[c-]c5c(cc4)c4ccccc4n5-c4cc(C(C)(C)C)ccn4)cc(C(C)(C)c4ccccc4)c3)c3ccc(C(C)(C)C)cc32)cc(C(C)(C)c2ccccc2)c1.[Pt]. The molecule has 0 fully saturated rings. The molecule has 0 aliphatic carbocycles. The fourth-order valence-electron chi connectivity index (χ4n) is 9.98. The van der Waals surface area contributed by atoms with Crippen LogP contribution in [0, 0.1) is 18.8 Å². The molecule has 0 unspecified atom stereocenters. The Morgan fingerprint density at radius 1 is 0.444 bits per heavy atom. The Kier molecular flexibility index (Phi) is 13.0. The molecule has 0 atom stereocenters. The van der Waals surface area contributed by atoms with E-state index in [2.05, 4.69) is 275 Å².